The van der Waals surface area contributed by atoms with Gasteiger partial charge in [0.15, 0.2) is 9.84 Å². The molecule has 0 unspecified atom stereocenters. The molecule has 0 bridgehead atoms. The fourth-order valence-corrected chi connectivity index (χ4v) is 5.11. The highest BCUT2D eigenvalue weighted by Crippen LogP contribution is 2.21. The predicted octanol–water partition coefficient (Wildman–Crippen LogP) is 2.14. The first-order chi connectivity index (χ1) is 11.0. The van der Waals surface area contributed by atoms with Gasteiger partial charge in [-0.15, -0.1) is 0 Å². The summed E-state index contributed by atoms with van der Waals surface area (Å²) in [6.45, 7) is 2.47. The number of nitrogens with one attached hydrogen (secondary N) is 1. The number of hydrogen-bond donors (Lipinski definition) is 1. The van der Waals surface area contributed by atoms with Crippen LogP contribution in [0.2, 0.25) is 0 Å². The van der Waals surface area contributed by atoms with Crippen molar-refractivity contribution in [2.75, 3.05) is 18.1 Å². The number of nitrogens with zero attached hydrogens (tertiary/aromatic N) is 1. The van der Waals surface area contributed by atoms with Gasteiger partial charge >= 0.3 is 0 Å². The molecule has 2 heterocycles. The van der Waals surface area contributed by atoms with Crippen molar-refractivity contribution in [2.45, 2.75) is 32.2 Å². The fraction of sp³-hybridized carbons (Fsp3) is 0.471. The molecule has 23 heavy (non-hydrogen) atoms. The lowest BCUT2D eigenvalue weighted by molar-refractivity contribution is -0.132. The van der Waals surface area contributed by atoms with Crippen LogP contribution in [0.4, 0.5) is 0 Å². The van der Waals surface area contributed by atoms with E-state index in [9.17, 15) is 13.2 Å². The number of aromatic amines is 1. The quantitative estimate of drug-likeness (QED) is 0.911. The molecule has 1 saturated heterocycles. The first-order valence-electron chi connectivity index (χ1n) is 8.05. The van der Waals surface area contributed by atoms with Crippen molar-refractivity contribution in [3.8, 4) is 0 Å². The summed E-state index contributed by atoms with van der Waals surface area (Å²) < 4.78 is 23.3. The van der Waals surface area contributed by atoms with Crippen molar-refractivity contribution < 1.29 is 13.2 Å². The van der Waals surface area contributed by atoms with Crippen LogP contribution >= 0.6 is 0 Å². The summed E-state index contributed by atoms with van der Waals surface area (Å²) in [5.74, 6) is 0.351. The number of fused-ring (bicyclic) bond motifs is 1. The van der Waals surface area contributed by atoms with Crippen LogP contribution in [0, 0.1) is 0 Å². The maximum atomic E-state index is 12.5. The zero-order valence-corrected chi connectivity index (χ0v) is 14.1. The van der Waals surface area contributed by atoms with E-state index in [0.29, 0.717) is 25.8 Å². The Morgan fingerprint density at radius 2 is 2.13 bits per heavy atom. The van der Waals surface area contributed by atoms with Gasteiger partial charge in [0, 0.05) is 36.1 Å². The SMILES string of the molecule is CCN(C(=O)CCc1c[nH]c2ccccc12)[C@@H]1CCS(=O)(=O)C1. The fourth-order valence-electron chi connectivity index (χ4n) is 3.38. The average molecular weight is 334 g/mol. The summed E-state index contributed by atoms with van der Waals surface area (Å²) in [6, 6.07) is 7.88. The highest BCUT2D eigenvalue weighted by molar-refractivity contribution is 7.91. The number of H-pyrrole nitrogens is 1. The van der Waals surface area contributed by atoms with Gasteiger partial charge in [-0.25, -0.2) is 8.42 Å². The summed E-state index contributed by atoms with van der Waals surface area (Å²) in [5.41, 5.74) is 2.20. The van der Waals surface area contributed by atoms with E-state index in [2.05, 4.69) is 4.98 Å². The van der Waals surface area contributed by atoms with Gasteiger partial charge in [0.1, 0.15) is 0 Å². The minimum atomic E-state index is -2.97. The molecule has 1 atom stereocenters. The Morgan fingerprint density at radius 3 is 2.83 bits per heavy atom. The number of carbonyl (C=O) groups is 1. The highest BCUT2D eigenvalue weighted by atomic mass is 32.2. The van der Waals surface area contributed by atoms with Crippen LogP contribution in [0.5, 0.6) is 0 Å². The molecular formula is C17H22N2O3S. The van der Waals surface area contributed by atoms with E-state index in [1.165, 1.54) is 0 Å². The van der Waals surface area contributed by atoms with Gasteiger partial charge in [-0.05, 0) is 31.4 Å². The Morgan fingerprint density at radius 1 is 1.35 bits per heavy atom. The van der Waals surface area contributed by atoms with E-state index in [4.69, 9.17) is 0 Å². The van der Waals surface area contributed by atoms with Crippen LogP contribution in [0.15, 0.2) is 30.5 Å². The molecule has 0 saturated carbocycles. The lowest BCUT2D eigenvalue weighted by Gasteiger charge is -2.26. The second kappa shape index (κ2) is 6.35. The van der Waals surface area contributed by atoms with Crippen LogP contribution in [-0.4, -0.2) is 48.3 Å². The monoisotopic (exact) mass is 334 g/mol. The molecule has 1 amide bonds. The number of amides is 1. The largest absolute Gasteiger partial charge is 0.361 e. The number of sulfone groups is 1. The van der Waals surface area contributed by atoms with Crippen molar-refractivity contribution >= 4 is 26.6 Å². The molecular weight excluding hydrogens is 312 g/mol. The Labute approximate surface area is 136 Å². The molecule has 0 radical (unpaired) electrons. The van der Waals surface area contributed by atoms with E-state index in [0.717, 1.165) is 16.5 Å². The first kappa shape index (κ1) is 16.1. The highest BCUT2D eigenvalue weighted by Gasteiger charge is 2.33. The summed E-state index contributed by atoms with van der Waals surface area (Å²) in [5, 5.41) is 1.15. The van der Waals surface area contributed by atoms with E-state index in [1.807, 2.05) is 37.4 Å². The number of benzene rings is 1. The van der Waals surface area contributed by atoms with Crippen molar-refractivity contribution in [1.82, 2.24) is 9.88 Å². The number of rotatable bonds is 5. The molecule has 1 N–H and O–H groups in total. The Kier molecular flexibility index (Phi) is 4.43. The lowest BCUT2D eigenvalue weighted by Crippen LogP contribution is -2.41. The average Bonchev–Trinajstić information content (AvgIpc) is 3.09. The zero-order valence-electron chi connectivity index (χ0n) is 13.3. The van der Waals surface area contributed by atoms with E-state index >= 15 is 0 Å². The van der Waals surface area contributed by atoms with Crippen LogP contribution in [-0.2, 0) is 21.1 Å². The second-order valence-electron chi connectivity index (χ2n) is 6.10. The van der Waals surface area contributed by atoms with Crippen LogP contribution < -0.4 is 0 Å². The predicted molar refractivity (Wildman–Crippen MR) is 91.1 cm³/mol. The number of carbonyl (C=O) groups excluding carboxylic acids is 1. The third-order valence-corrected chi connectivity index (χ3v) is 6.34. The van der Waals surface area contributed by atoms with Crippen LogP contribution in [0.1, 0.15) is 25.3 Å². The number of aryl methyl sites for hydroxylation is 1. The van der Waals surface area contributed by atoms with Crippen LogP contribution in [0.25, 0.3) is 10.9 Å². The van der Waals surface area contributed by atoms with Gasteiger partial charge in [0.2, 0.25) is 5.91 Å². The maximum absolute atomic E-state index is 12.5. The third kappa shape index (κ3) is 3.42. The van der Waals surface area contributed by atoms with Gasteiger partial charge in [-0.3, -0.25) is 4.79 Å². The summed E-state index contributed by atoms with van der Waals surface area (Å²) >= 11 is 0. The standard InChI is InChI=1S/C17H22N2O3S/c1-2-19(14-9-10-23(21,22)12-14)17(20)8-7-13-11-18-16-6-4-3-5-15(13)16/h3-6,11,14,18H,2,7-10,12H2,1H3/t14-/m1/s1. The third-order valence-electron chi connectivity index (χ3n) is 4.59. The van der Waals surface area contributed by atoms with E-state index < -0.39 is 9.84 Å². The topological polar surface area (TPSA) is 70.2 Å². The summed E-state index contributed by atoms with van der Waals surface area (Å²) in [7, 11) is -2.97. The van der Waals surface area contributed by atoms with Gasteiger partial charge in [0.25, 0.3) is 0 Å². The first-order valence-corrected chi connectivity index (χ1v) is 9.87. The smallest absolute Gasteiger partial charge is 0.223 e. The Bertz CT molecular complexity index is 810. The molecule has 1 aliphatic rings. The molecule has 0 spiro atoms. The minimum Gasteiger partial charge on any atom is -0.361 e. The molecule has 1 aromatic heterocycles. The van der Waals surface area contributed by atoms with Gasteiger partial charge < -0.3 is 9.88 Å². The number of para-hydroxylation sites is 1. The zero-order chi connectivity index (χ0) is 16.4. The molecule has 3 rings (SSSR count). The van der Waals surface area contributed by atoms with E-state index in [1.54, 1.807) is 4.90 Å². The van der Waals surface area contributed by atoms with Crippen molar-refractivity contribution in [3.05, 3.63) is 36.0 Å². The van der Waals surface area contributed by atoms with Crippen molar-refractivity contribution in [3.63, 3.8) is 0 Å². The molecule has 0 aliphatic carbocycles. The molecule has 1 aliphatic heterocycles. The summed E-state index contributed by atoms with van der Waals surface area (Å²) in [4.78, 5) is 17.5. The molecule has 2 aromatic rings. The number of hydrogen-bond acceptors (Lipinski definition) is 3. The number of aromatic nitrogens is 1. The normalized spacial score (nSPS) is 20.0. The summed E-state index contributed by atoms with van der Waals surface area (Å²) in [6.07, 6.45) is 3.59. The van der Waals surface area contributed by atoms with E-state index in [-0.39, 0.29) is 23.5 Å². The maximum Gasteiger partial charge on any atom is 0.223 e. The van der Waals surface area contributed by atoms with Crippen molar-refractivity contribution in [2.24, 2.45) is 0 Å². The molecule has 1 aromatic carbocycles. The molecule has 6 heteroatoms. The molecule has 124 valence electrons. The van der Waals surface area contributed by atoms with Gasteiger partial charge in [-0.1, -0.05) is 18.2 Å². The van der Waals surface area contributed by atoms with Gasteiger partial charge in [0.05, 0.1) is 11.5 Å². The second-order valence-corrected chi connectivity index (χ2v) is 8.32. The lowest BCUT2D eigenvalue weighted by atomic mass is 10.1. The Hall–Kier alpha value is -1.82. The van der Waals surface area contributed by atoms with Crippen molar-refractivity contribution in [1.29, 1.82) is 0 Å². The Balaban J connectivity index is 1.66. The van der Waals surface area contributed by atoms with Crippen LogP contribution in [0.3, 0.4) is 0 Å². The minimum absolute atomic E-state index is 0.0416. The molecule has 1 fully saturated rings. The molecule has 5 nitrogen and oxygen atoms in total. The van der Waals surface area contributed by atoms with Gasteiger partial charge in [-0.2, -0.15) is 0 Å².